The van der Waals surface area contributed by atoms with Crippen molar-refractivity contribution in [3.8, 4) is 0 Å². The molecule has 0 bridgehead atoms. The van der Waals surface area contributed by atoms with Crippen LogP contribution >= 0.6 is 15.9 Å². The molecule has 0 spiro atoms. The first-order valence-corrected chi connectivity index (χ1v) is 11.0. The van der Waals surface area contributed by atoms with Crippen LogP contribution in [0.2, 0.25) is 0 Å². The highest BCUT2D eigenvalue weighted by Crippen LogP contribution is 2.19. The quantitative estimate of drug-likeness (QED) is 0.639. The Balaban J connectivity index is 1.52. The van der Waals surface area contributed by atoms with E-state index in [-0.39, 0.29) is 35.8 Å². The lowest BCUT2D eigenvalue weighted by molar-refractivity contribution is -0.135. The van der Waals surface area contributed by atoms with E-state index < -0.39 is 0 Å². The van der Waals surface area contributed by atoms with E-state index in [0.29, 0.717) is 30.0 Å². The highest BCUT2D eigenvalue weighted by molar-refractivity contribution is 9.10. The third-order valence-electron chi connectivity index (χ3n) is 5.06. The molecule has 3 amide bonds. The zero-order valence-corrected chi connectivity index (χ0v) is 18.5. The highest BCUT2D eigenvalue weighted by atomic mass is 79.9. The van der Waals surface area contributed by atoms with E-state index in [1.165, 1.54) is 0 Å². The van der Waals surface area contributed by atoms with Gasteiger partial charge in [-0.2, -0.15) is 0 Å². The van der Waals surface area contributed by atoms with Crippen LogP contribution < -0.4 is 10.6 Å². The van der Waals surface area contributed by atoms with Gasteiger partial charge in [-0.3, -0.25) is 14.4 Å². The third kappa shape index (κ3) is 5.95. The van der Waals surface area contributed by atoms with E-state index in [0.717, 1.165) is 24.8 Å². The molecule has 1 fully saturated rings. The number of hydrogen-bond acceptors (Lipinski definition) is 4. The second-order valence-corrected chi connectivity index (χ2v) is 8.18. The molecule has 2 N–H and O–H groups in total. The largest absolute Gasteiger partial charge is 0.444 e. The summed E-state index contributed by atoms with van der Waals surface area (Å²) >= 11 is 3.17. The van der Waals surface area contributed by atoms with Crippen LogP contribution in [-0.2, 0) is 16.0 Å². The van der Waals surface area contributed by atoms with Gasteiger partial charge in [0.25, 0.3) is 5.91 Å². The summed E-state index contributed by atoms with van der Waals surface area (Å²) in [6.07, 6.45) is 2.82. The Morgan fingerprint density at radius 1 is 1.17 bits per heavy atom. The fourth-order valence-corrected chi connectivity index (χ4v) is 3.74. The number of hydrogen-bond donors (Lipinski definition) is 2. The Hall–Kier alpha value is -2.61. The fourth-order valence-electron chi connectivity index (χ4n) is 3.43. The number of rotatable bonds is 7. The number of nitrogens with zero attached hydrogens (tertiary/aromatic N) is 1. The zero-order valence-electron chi connectivity index (χ0n) is 16.9. The van der Waals surface area contributed by atoms with Gasteiger partial charge in [0.2, 0.25) is 11.8 Å². The summed E-state index contributed by atoms with van der Waals surface area (Å²) < 4.78 is 5.72. The van der Waals surface area contributed by atoms with Crippen molar-refractivity contribution in [2.24, 2.45) is 5.92 Å². The average Bonchev–Trinajstić information content (AvgIpc) is 3.20. The molecule has 1 aliphatic heterocycles. The molecule has 7 nitrogen and oxygen atoms in total. The Morgan fingerprint density at radius 3 is 2.60 bits per heavy atom. The standard InChI is InChI=1S/C22H26BrN3O4/c1-2-11-24-21(28)16-4-3-12-26(14-16)20(27)13-15-5-7-17(8-6-15)25-22(29)18-9-10-19(23)30-18/h5-10,16H,2-4,11-14H2,1H3,(H,24,28)(H,25,29). The summed E-state index contributed by atoms with van der Waals surface area (Å²) in [4.78, 5) is 38.8. The van der Waals surface area contributed by atoms with Gasteiger partial charge in [-0.15, -0.1) is 0 Å². The van der Waals surface area contributed by atoms with Crippen molar-refractivity contribution in [1.29, 1.82) is 0 Å². The summed E-state index contributed by atoms with van der Waals surface area (Å²) in [5, 5.41) is 5.68. The van der Waals surface area contributed by atoms with Gasteiger partial charge in [-0.1, -0.05) is 19.1 Å². The molecule has 160 valence electrons. The van der Waals surface area contributed by atoms with Crippen molar-refractivity contribution in [1.82, 2.24) is 10.2 Å². The third-order valence-corrected chi connectivity index (χ3v) is 5.48. The van der Waals surface area contributed by atoms with Gasteiger partial charge in [-0.05, 0) is 65.0 Å². The van der Waals surface area contributed by atoms with Crippen molar-refractivity contribution >= 4 is 39.3 Å². The molecular weight excluding hydrogens is 450 g/mol. The predicted molar refractivity (Wildman–Crippen MR) is 117 cm³/mol. The lowest BCUT2D eigenvalue weighted by atomic mass is 9.96. The number of benzene rings is 1. The van der Waals surface area contributed by atoms with E-state index in [2.05, 4.69) is 26.6 Å². The number of halogens is 1. The van der Waals surface area contributed by atoms with Gasteiger partial charge in [0.05, 0.1) is 12.3 Å². The van der Waals surface area contributed by atoms with E-state index in [1.807, 2.05) is 19.1 Å². The second kappa shape index (κ2) is 10.4. The van der Waals surface area contributed by atoms with Crippen molar-refractivity contribution in [2.45, 2.75) is 32.6 Å². The van der Waals surface area contributed by atoms with Crippen molar-refractivity contribution < 1.29 is 18.8 Å². The molecule has 1 aromatic heterocycles. The monoisotopic (exact) mass is 475 g/mol. The minimum atomic E-state index is -0.342. The number of piperidine rings is 1. The zero-order chi connectivity index (χ0) is 21.5. The smallest absolute Gasteiger partial charge is 0.291 e. The van der Waals surface area contributed by atoms with Gasteiger partial charge in [0.15, 0.2) is 10.4 Å². The number of likely N-dealkylation sites (tertiary alicyclic amines) is 1. The van der Waals surface area contributed by atoms with Gasteiger partial charge < -0.3 is 20.0 Å². The molecule has 0 aliphatic carbocycles. The first-order chi connectivity index (χ1) is 14.5. The molecule has 30 heavy (non-hydrogen) atoms. The van der Waals surface area contributed by atoms with E-state index in [1.54, 1.807) is 29.2 Å². The van der Waals surface area contributed by atoms with Gasteiger partial charge in [-0.25, -0.2) is 0 Å². The van der Waals surface area contributed by atoms with Crippen LogP contribution in [0.3, 0.4) is 0 Å². The van der Waals surface area contributed by atoms with Crippen molar-refractivity contribution in [3.63, 3.8) is 0 Å². The van der Waals surface area contributed by atoms with Crippen LogP contribution in [0.5, 0.6) is 0 Å². The highest BCUT2D eigenvalue weighted by Gasteiger charge is 2.28. The maximum atomic E-state index is 12.7. The van der Waals surface area contributed by atoms with Gasteiger partial charge in [0, 0.05) is 25.3 Å². The number of carbonyl (C=O) groups is 3. The molecule has 1 aromatic carbocycles. The normalized spacial score (nSPS) is 16.2. The number of carbonyl (C=O) groups excluding carboxylic acids is 3. The summed E-state index contributed by atoms with van der Waals surface area (Å²) in [5.41, 5.74) is 1.48. The Labute approximate surface area is 184 Å². The summed E-state index contributed by atoms with van der Waals surface area (Å²) in [6, 6.07) is 10.4. The molecule has 2 heterocycles. The number of furan rings is 1. The number of nitrogens with one attached hydrogen (secondary N) is 2. The number of amides is 3. The van der Waals surface area contributed by atoms with Crippen LogP contribution in [0.15, 0.2) is 45.5 Å². The second-order valence-electron chi connectivity index (χ2n) is 7.40. The van der Waals surface area contributed by atoms with Crippen LogP contribution in [-0.4, -0.2) is 42.3 Å². The van der Waals surface area contributed by atoms with Gasteiger partial charge >= 0.3 is 0 Å². The molecule has 0 radical (unpaired) electrons. The molecule has 0 saturated carbocycles. The van der Waals surface area contributed by atoms with Crippen LogP contribution in [0, 0.1) is 5.92 Å². The first-order valence-electron chi connectivity index (χ1n) is 10.2. The summed E-state index contributed by atoms with van der Waals surface area (Å²) in [5.74, 6) is -0.208. The van der Waals surface area contributed by atoms with E-state index in [4.69, 9.17) is 4.42 Å². The minimum absolute atomic E-state index is 0.0141. The Kier molecular flexibility index (Phi) is 7.68. The Bertz CT molecular complexity index is 894. The van der Waals surface area contributed by atoms with Crippen molar-refractivity contribution in [2.75, 3.05) is 25.0 Å². The van der Waals surface area contributed by atoms with Crippen molar-refractivity contribution in [3.05, 3.63) is 52.4 Å². The molecular formula is C22H26BrN3O4. The average molecular weight is 476 g/mol. The maximum absolute atomic E-state index is 12.7. The van der Waals surface area contributed by atoms with E-state index in [9.17, 15) is 14.4 Å². The lowest BCUT2D eigenvalue weighted by Crippen LogP contribution is -2.46. The van der Waals surface area contributed by atoms with E-state index >= 15 is 0 Å². The van der Waals surface area contributed by atoms with Crippen LogP contribution in [0.25, 0.3) is 0 Å². The van der Waals surface area contributed by atoms with Crippen LogP contribution in [0.4, 0.5) is 5.69 Å². The molecule has 1 saturated heterocycles. The molecule has 2 aromatic rings. The SMILES string of the molecule is CCCNC(=O)C1CCCN(C(=O)Cc2ccc(NC(=O)c3ccc(Br)o3)cc2)C1. The molecule has 1 atom stereocenters. The summed E-state index contributed by atoms with van der Waals surface area (Å²) in [6.45, 7) is 3.84. The minimum Gasteiger partial charge on any atom is -0.444 e. The lowest BCUT2D eigenvalue weighted by Gasteiger charge is -2.32. The molecule has 1 aliphatic rings. The van der Waals surface area contributed by atoms with Gasteiger partial charge in [0.1, 0.15) is 0 Å². The molecule has 3 rings (SSSR count). The topological polar surface area (TPSA) is 91.7 Å². The predicted octanol–water partition coefficient (Wildman–Crippen LogP) is 3.60. The number of anilines is 1. The molecule has 1 unspecified atom stereocenters. The maximum Gasteiger partial charge on any atom is 0.291 e. The Morgan fingerprint density at radius 2 is 1.93 bits per heavy atom. The molecule has 8 heteroatoms. The van der Waals surface area contributed by atoms with Crippen LogP contribution in [0.1, 0.15) is 42.3 Å². The first kappa shape index (κ1) is 22.1. The fraction of sp³-hybridized carbons (Fsp3) is 0.409. The summed E-state index contributed by atoms with van der Waals surface area (Å²) in [7, 11) is 0.